The summed E-state index contributed by atoms with van der Waals surface area (Å²) in [6.07, 6.45) is 0. The van der Waals surface area contributed by atoms with E-state index in [9.17, 15) is 5.26 Å². The third-order valence-electron chi connectivity index (χ3n) is 3.01. The number of hydrogen-bond acceptors (Lipinski definition) is 4. The van der Waals surface area contributed by atoms with E-state index >= 15 is 0 Å². The Labute approximate surface area is 143 Å². The number of hydrogen-bond donors (Lipinski definition) is 1. The van der Waals surface area contributed by atoms with Crippen molar-refractivity contribution in [1.29, 1.82) is 5.26 Å². The lowest BCUT2D eigenvalue weighted by atomic mass is 10.1. The number of nitriles is 1. The second-order valence-electron chi connectivity index (χ2n) is 4.24. The zero-order valence-electron chi connectivity index (χ0n) is 10.6. The Morgan fingerprint density at radius 2 is 2.05 bits per heavy atom. The van der Waals surface area contributed by atoms with Gasteiger partial charge in [-0.1, -0.05) is 29.8 Å². The lowest BCUT2D eigenvalue weighted by molar-refractivity contribution is 1.52. The largest absolute Gasteiger partial charge is 0.396 e. The minimum Gasteiger partial charge on any atom is -0.396 e. The van der Waals surface area contributed by atoms with Gasteiger partial charge < -0.3 is 5.73 Å². The topological polar surface area (TPSA) is 49.8 Å². The van der Waals surface area contributed by atoms with Crippen LogP contribution in [-0.4, -0.2) is 0 Å². The van der Waals surface area contributed by atoms with Crippen molar-refractivity contribution < 1.29 is 0 Å². The maximum atomic E-state index is 9.27. The first kappa shape index (κ1) is 14.6. The Kier molecular flexibility index (Phi) is 4.05. The number of nitrogens with zero attached hydrogens (tertiary/aromatic N) is 1. The molecule has 0 aliphatic heterocycles. The third kappa shape index (κ3) is 2.49. The number of nitrogens with two attached hydrogens (primary N) is 1. The predicted octanol–water partition coefficient (Wildman–Crippen LogP) is 6.01. The van der Waals surface area contributed by atoms with Crippen LogP contribution >= 0.6 is 50.2 Å². The van der Waals surface area contributed by atoms with E-state index in [0.29, 0.717) is 15.6 Å². The number of thiophene rings is 2. The monoisotopic (exact) mass is 394 g/mol. The second kappa shape index (κ2) is 5.82. The number of rotatable bonds is 2. The first-order valence-electron chi connectivity index (χ1n) is 5.94. The van der Waals surface area contributed by atoms with Crippen LogP contribution in [0.4, 0.5) is 5.69 Å². The molecular weight excluding hydrogens is 388 g/mol. The Bertz CT molecular complexity index is 847. The Hall–Kier alpha value is -1.32. The van der Waals surface area contributed by atoms with E-state index in [1.54, 1.807) is 11.3 Å². The van der Waals surface area contributed by atoms with Crippen LogP contribution in [0.15, 0.2) is 40.2 Å². The van der Waals surface area contributed by atoms with E-state index in [0.717, 1.165) is 25.4 Å². The van der Waals surface area contributed by atoms with Gasteiger partial charge in [0.25, 0.3) is 0 Å². The Morgan fingerprint density at radius 1 is 1.24 bits per heavy atom. The maximum absolute atomic E-state index is 9.27. The smallest absolute Gasteiger partial charge is 0.129 e. The molecule has 2 aromatic heterocycles. The average molecular weight is 396 g/mol. The fourth-order valence-corrected chi connectivity index (χ4v) is 4.62. The summed E-state index contributed by atoms with van der Waals surface area (Å²) in [4.78, 5) is 2.48. The Balaban J connectivity index is 2.33. The number of benzene rings is 1. The molecule has 21 heavy (non-hydrogen) atoms. The molecule has 6 heteroatoms. The second-order valence-corrected chi connectivity index (χ2v) is 7.44. The third-order valence-corrected chi connectivity index (χ3v) is 6.34. The molecule has 2 nitrogen and oxygen atoms in total. The zero-order chi connectivity index (χ0) is 15.0. The van der Waals surface area contributed by atoms with Gasteiger partial charge in [-0.15, -0.1) is 22.7 Å². The van der Waals surface area contributed by atoms with Crippen LogP contribution in [0, 0.1) is 11.3 Å². The van der Waals surface area contributed by atoms with E-state index in [1.807, 2.05) is 35.7 Å². The highest BCUT2D eigenvalue weighted by molar-refractivity contribution is 9.10. The van der Waals surface area contributed by atoms with Gasteiger partial charge in [-0.05, 0) is 33.4 Å². The summed E-state index contributed by atoms with van der Waals surface area (Å²) in [5.74, 6) is 0. The maximum Gasteiger partial charge on any atom is 0.129 e. The van der Waals surface area contributed by atoms with Gasteiger partial charge in [0.2, 0.25) is 0 Å². The molecule has 2 N–H and O–H groups in total. The van der Waals surface area contributed by atoms with Crippen LogP contribution < -0.4 is 5.73 Å². The van der Waals surface area contributed by atoms with Crippen LogP contribution in [0.1, 0.15) is 4.88 Å². The van der Waals surface area contributed by atoms with Crippen LogP contribution in [0.25, 0.3) is 20.9 Å². The van der Waals surface area contributed by atoms with E-state index < -0.39 is 0 Å². The number of anilines is 1. The molecule has 0 spiro atoms. The molecule has 0 bridgehead atoms. The van der Waals surface area contributed by atoms with E-state index in [2.05, 4.69) is 22.0 Å². The summed E-state index contributed by atoms with van der Waals surface area (Å²) in [5, 5.41) is 11.9. The summed E-state index contributed by atoms with van der Waals surface area (Å²) in [6.45, 7) is 0. The standard InChI is InChI=1S/C15H8BrClN2S2/c16-9-4-1-3-8(13(9)17)15-12(10-5-2-6-20-10)14(19)11(7-18)21-15/h1-6H,19H2. The summed E-state index contributed by atoms with van der Waals surface area (Å²) < 4.78 is 0.823. The van der Waals surface area contributed by atoms with Crippen LogP contribution in [0.2, 0.25) is 5.02 Å². The van der Waals surface area contributed by atoms with Crippen molar-refractivity contribution >= 4 is 55.9 Å². The van der Waals surface area contributed by atoms with Gasteiger partial charge in [0.05, 0.1) is 10.7 Å². The predicted molar refractivity (Wildman–Crippen MR) is 94.9 cm³/mol. The SMILES string of the molecule is N#Cc1sc(-c2cccc(Br)c2Cl)c(-c2cccs2)c1N. The molecule has 2 heterocycles. The summed E-state index contributed by atoms with van der Waals surface area (Å²) >= 11 is 12.8. The van der Waals surface area contributed by atoms with Crippen LogP contribution in [0.3, 0.4) is 0 Å². The van der Waals surface area contributed by atoms with Gasteiger partial charge in [0, 0.05) is 25.4 Å². The molecule has 0 fully saturated rings. The summed E-state index contributed by atoms with van der Waals surface area (Å²) in [5.41, 5.74) is 8.47. The van der Waals surface area contributed by atoms with Crippen molar-refractivity contribution in [2.45, 2.75) is 0 Å². The molecule has 0 unspecified atom stereocenters. The van der Waals surface area contributed by atoms with Crippen molar-refractivity contribution in [1.82, 2.24) is 0 Å². The normalized spacial score (nSPS) is 10.5. The first-order valence-corrected chi connectivity index (χ1v) is 8.80. The molecular formula is C15H8BrClN2S2. The molecule has 0 aliphatic carbocycles. The van der Waals surface area contributed by atoms with Crippen molar-refractivity contribution in [3.63, 3.8) is 0 Å². The highest BCUT2D eigenvalue weighted by Gasteiger charge is 2.21. The quantitative estimate of drug-likeness (QED) is 0.577. The lowest BCUT2D eigenvalue weighted by Crippen LogP contribution is -1.88. The highest BCUT2D eigenvalue weighted by Crippen LogP contribution is 2.48. The molecule has 104 valence electrons. The molecule has 0 atom stereocenters. The summed E-state index contributed by atoms with van der Waals surface area (Å²) in [6, 6.07) is 11.9. The van der Waals surface area contributed by atoms with E-state index in [1.165, 1.54) is 11.3 Å². The minimum absolute atomic E-state index is 0.518. The Morgan fingerprint density at radius 3 is 2.71 bits per heavy atom. The zero-order valence-corrected chi connectivity index (χ0v) is 14.5. The molecule has 0 amide bonds. The van der Waals surface area contributed by atoms with Gasteiger partial charge >= 0.3 is 0 Å². The molecule has 3 rings (SSSR count). The van der Waals surface area contributed by atoms with Gasteiger partial charge in [0.1, 0.15) is 10.9 Å². The lowest BCUT2D eigenvalue weighted by Gasteiger charge is -2.07. The van der Waals surface area contributed by atoms with Crippen molar-refractivity contribution in [2.24, 2.45) is 0 Å². The minimum atomic E-state index is 0.518. The van der Waals surface area contributed by atoms with Crippen molar-refractivity contribution in [3.05, 3.63) is 50.1 Å². The van der Waals surface area contributed by atoms with Crippen molar-refractivity contribution in [3.8, 4) is 27.0 Å². The van der Waals surface area contributed by atoms with Gasteiger partial charge in [-0.3, -0.25) is 0 Å². The fraction of sp³-hybridized carbons (Fsp3) is 0. The first-order chi connectivity index (χ1) is 10.1. The van der Waals surface area contributed by atoms with E-state index in [4.69, 9.17) is 17.3 Å². The molecule has 0 aliphatic rings. The van der Waals surface area contributed by atoms with Crippen LogP contribution in [0.5, 0.6) is 0 Å². The van der Waals surface area contributed by atoms with E-state index in [-0.39, 0.29) is 0 Å². The molecule has 0 saturated heterocycles. The van der Waals surface area contributed by atoms with Crippen LogP contribution in [-0.2, 0) is 0 Å². The summed E-state index contributed by atoms with van der Waals surface area (Å²) in [7, 11) is 0. The van der Waals surface area contributed by atoms with Gasteiger partial charge in [0.15, 0.2) is 0 Å². The molecule has 0 radical (unpaired) electrons. The van der Waals surface area contributed by atoms with Gasteiger partial charge in [-0.2, -0.15) is 5.26 Å². The molecule has 3 aromatic rings. The highest BCUT2D eigenvalue weighted by atomic mass is 79.9. The molecule has 0 saturated carbocycles. The average Bonchev–Trinajstić information content (AvgIpc) is 3.09. The number of halogens is 2. The molecule has 1 aromatic carbocycles. The van der Waals surface area contributed by atoms with Gasteiger partial charge in [-0.25, -0.2) is 0 Å². The van der Waals surface area contributed by atoms with Crippen molar-refractivity contribution in [2.75, 3.05) is 5.73 Å². The number of nitrogen functional groups attached to an aromatic ring is 1. The fourth-order valence-electron chi connectivity index (χ4n) is 2.06.